The zero-order chi connectivity index (χ0) is 26.7. The average molecular weight is 523 g/mol. The Morgan fingerprint density at radius 3 is 2.47 bits per heavy atom. The second kappa shape index (κ2) is 10.6. The number of piperidine rings is 1. The van der Waals surface area contributed by atoms with Gasteiger partial charge >= 0.3 is 12.3 Å². The van der Waals surface area contributed by atoms with Crippen LogP contribution in [0.2, 0.25) is 0 Å². The minimum absolute atomic E-state index is 0.0477. The van der Waals surface area contributed by atoms with Gasteiger partial charge in [-0.05, 0) is 36.6 Å². The topological polar surface area (TPSA) is 91.1 Å². The van der Waals surface area contributed by atoms with Gasteiger partial charge < -0.3 is 19.6 Å². The lowest BCUT2D eigenvalue weighted by Crippen LogP contribution is -2.38. The van der Waals surface area contributed by atoms with Crippen molar-refractivity contribution in [2.45, 2.75) is 31.5 Å². The van der Waals surface area contributed by atoms with E-state index in [4.69, 9.17) is 9.72 Å². The van der Waals surface area contributed by atoms with E-state index < -0.39 is 11.7 Å². The van der Waals surface area contributed by atoms with Crippen molar-refractivity contribution in [1.29, 1.82) is 0 Å². The third-order valence-electron chi connectivity index (χ3n) is 6.59. The van der Waals surface area contributed by atoms with Crippen LogP contribution in [-0.2, 0) is 17.5 Å². The number of imidazole rings is 1. The van der Waals surface area contributed by atoms with Crippen LogP contribution >= 0.6 is 0 Å². The number of pyridine rings is 1. The molecular formula is C28H25F3N4O3. The summed E-state index contributed by atoms with van der Waals surface area (Å²) in [4.78, 5) is 36.7. The van der Waals surface area contributed by atoms with Crippen LogP contribution in [0.1, 0.15) is 35.7 Å². The predicted molar refractivity (Wildman–Crippen MR) is 135 cm³/mol. The van der Waals surface area contributed by atoms with Crippen LogP contribution in [0.3, 0.4) is 0 Å². The third kappa shape index (κ3) is 5.64. The highest BCUT2D eigenvalue weighted by Gasteiger charge is 2.32. The molecular weight excluding hydrogens is 497 g/mol. The SMILES string of the molecule is O=C(OCc1ccccc1)N1CCC(c2nc(-c3cccc(C(F)(F)F)c3)c(-c3cc[nH]c(=O)c3)[nH]2)CC1. The molecule has 38 heavy (non-hydrogen) atoms. The van der Waals surface area contributed by atoms with Crippen molar-refractivity contribution in [3.05, 3.63) is 100 Å². The maximum Gasteiger partial charge on any atom is 0.416 e. The molecule has 196 valence electrons. The Morgan fingerprint density at radius 2 is 1.76 bits per heavy atom. The van der Waals surface area contributed by atoms with E-state index in [2.05, 4.69) is 9.97 Å². The number of amides is 1. The largest absolute Gasteiger partial charge is 0.445 e. The molecule has 0 unspecified atom stereocenters. The number of halogens is 3. The quantitative estimate of drug-likeness (QED) is 0.338. The van der Waals surface area contributed by atoms with E-state index in [1.807, 2.05) is 30.3 Å². The Morgan fingerprint density at radius 1 is 1.00 bits per heavy atom. The molecule has 0 aliphatic carbocycles. The monoisotopic (exact) mass is 522 g/mol. The molecule has 2 N–H and O–H groups in total. The summed E-state index contributed by atoms with van der Waals surface area (Å²) in [5.74, 6) is 0.554. The number of aromatic amines is 2. The molecule has 7 nitrogen and oxygen atoms in total. The average Bonchev–Trinajstić information content (AvgIpc) is 3.38. The molecule has 3 heterocycles. The van der Waals surface area contributed by atoms with E-state index in [0.29, 0.717) is 54.3 Å². The summed E-state index contributed by atoms with van der Waals surface area (Å²) < 4.78 is 45.6. The molecule has 5 rings (SSSR count). The number of nitrogens with one attached hydrogen (secondary N) is 2. The van der Waals surface area contributed by atoms with Crippen molar-refractivity contribution >= 4 is 6.09 Å². The number of nitrogens with zero attached hydrogens (tertiary/aromatic N) is 2. The van der Waals surface area contributed by atoms with Gasteiger partial charge in [-0.1, -0.05) is 42.5 Å². The van der Waals surface area contributed by atoms with Gasteiger partial charge in [0.05, 0.1) is 17.0 Å². The standard InChI is InChI=1S/C28H25F3N4O3/c29-28(30,31)22-8-4-7-20(15-22)24-25(21-9-12-32-23(36)16-21)34-26(33-24)19-10-13-35(14-11-19)27(37)38-17-18-5-2-1-3-6-18/h1-9,12,15-16,19H,10-11,13-14,17H2,(H,32,36)(H,33,34). The van der Waals surface area contributed by atoms with Crippen molar-refractivity contribution in [3.8, 4) is 22.5 Å². The molecule has 1 amide bonds. The van der Waals surface area contributed by atoms with E-state index in [9.17, 15) is 22.8 Å². The summed E-state index contributed by atoms with van der Waals surface area (Å²) in [6, 6.07) is 17.4. The molecule has 10 heteroatoms. The number of aromatic nitrogens is 3. The number of carbonyl (C=O) groups excluding carboxylic acids is 1. The van der Waals surface area contributed by atoms with E-state index in [0.717, 1.165) is 17.7 Å². The zero-order valence-electron chi connectivity index (χ0n) is 20.3. The number of hydrogen-bond donors (Lipinski definition) is 2. The van der Waals surface area contributed by atoms with E-state index in [-0.39, 0.29) is 24.2 Å². The van der Waals surface area contributed by atoms with Gasteiger partial charge in [0.25, 0.3) is 0 Å². The Labute approximate surface area is 216 Å². The summed E-state index contributed by atoms with van der Waals surface area (Å²) in [5, 5.41) is 0. The number of hydrogen-bond acceptors (Lipinski definition) is 4. The van der Waals surface area contributed by atoms with E-state index in [1.54, 1.807) is 17.0 Å². The van der Waals surface area contributed by atoms with Crippen molar-refractivity contribution < 1.29 is 22.7 Å². The van der Waals surface area contributed by atoms with Gasteiger partial charge in [0.2, 0.25) is 5.56 Å². The fourth-order valence-corrected chi connectivity index (χ4v) is 4.59. The number of benzene rings is 2. The Kier molecular flexibility index (Phi) is 7.04. The molecule has 0 bridgehead atoms. The first-order valence-electron chi connectivity index (χ1n) is 12.2. The molecule has 0 spiro atoms. The predicted octanol–water partition coefficient (Wildman–Crippen LogP) is 5.97. The number of rotatable bonds is 5. The number of alkyl halides is 3. The second-order valence-electron chi connectivity index (χ2n) is 9.17. The molecule has 1 fully saturated rings. The molecule has 0 saturated carbocycles. The third-order valence-corrected chi connectivity index (χ3v) is 6.59. The van der Waals surface area contributed by atoms with Crippen LogP contribution in [0.4, 0.5) is 18.0 Å². The van der Waals surface area contributed by atoms with Crippen LogP contribution in [-0.4, -0.2) is 39.0 Å². The van der Waals surface area contributed by atoms with Crippen LogP contribution in [0.5, 0.6) is 0 Å². The van der Waals surface area contributed by atoms with Gasteiger partial charge in [-0.2, -0.15) is 13.2 Å². The van der Waals surface area contributed by atoms with Crippen LogP contribution in [0.15, 0.2) is 77.7 Å². The zero-order valence-corrected chi connectivity index (χ0v) is 20.3. The number of H-pyrrole nitrogens is 2. The normalized spacial score (nSPS) is 14.4. The molecule has 2 aromatic heterocycles. The number of ether oxygens (including phenoxy) is 1. The van der Waals surface area contributed by atoms with E-state index >= 15 is 0 Å². The summed E-state index contributed by atoms with van der Waals surface area (Å²) in [6.45, 7) is 1.11. The van der Waals surface area contributed by atoms with Gasteiger partial charge in [-0.25, -0.2) is 9.78 Å². The molecule has 2 aromatic carbocycles. The highest BCUT2D eigenvalue weighted by atomic mass is 19.4. The summed E-state index contributed by atoms with van der Waals surface area (Å²) >= 11 is 0. The van der Waals surface area contributed by atoms with Gasteiger partial charge in [0.1, 0.15) is 12.4 Å². The van der Waals surface area contributed by atoms with Crippen LogP contribution in [0.25, 0.3) is 22.5 Å². The fourth-order valence-electron chi connectivity index (χ4n) is 4.59. The van der Waals surface area contributed by atoms with E-state index in [1.165, 1.54) is 18.3 Å². The van der Waals surface area contributed by atoms with Crippen LogP contribution < -0.4 is 5.56 Å². The van der Waals surface area contributed by atoms with Crippen molar-refractivity contribution in [2.24, 2.45) is 0 Å². The minimum atomic E-state index is -4.50. The van der Waals surface area contributed by atoms with Gasteiger partial charge in [0.15, 0.2) is 0 Å². The summed E-state index contributed by atoms with van der Waals surface area (Å²) in [5.41, 5.74) is 1.40. The van der Waals surface area contributed by atoms with Crippen molar-refractivity contribution in [3.63, 3.8) is 0 Å². The first-order chi connectivity index (χ1) is 18.3. The Hall–Kier alpha value is -4.34. The van der Waals surface area contributed by atoms with Crippen molar-refractivity contribution in [2.75, 3.05) is 13.1 Å². The highest BCUT2D eigenvalue weighted by molar-refractivity contribution is 5.78. The van der Waals surface area contributed by atoms with Gasteiger partial charge in [0, 0.05) is 42.4 Å². The minimum Gasteiger partial charge on any atom is -0.445 e. The second-order valence-corrected chi connectivity index (χ2v) is 9.17. The molecule has 1 saturated heterocycles. The molecule has 1 aliphatic heterocycles. The van der Waals surface area contributed by atoms with Crippen LogP contribution in [0, 0.1) is 0 Å². The van der Waals surface area contributed by atoms with Crippen molar-refractivity contribution in [1.82, 2.24) is 19.9 Å². The first kappa shape index (κ1) is 25.3. The number of likely N-dealkylation sites (tertiary alicyclic amines) is 1. The Balaban J connectivity index is 1.36. The maximum absolute atomic E-state index is 13.4. The maximum atomic E-state index is 13.4. The molecule has 0 atom stereocenters. The van der Waals surface area contributed by atoms with Gasteiger partial charge in [-0.15, -0.1) is 0 Å². The molecule has 1 aliphatic rings. The lowest BCUT2D eigenvalue weighted by Gasteiger charge is -2.30. The summed E-state index contributed by atoms with van der Waals surface area (Å²) in [7, 11) is 0. The smallest absolute Gasteiger partial charge is 0.416 e. The summed E-state index contributed by atoms with van der Waals surface area (Å²) in [6.07, 6.45) is -2.20. The lowest BCUT2D eigenvalue weighted by molar-refractivity contribution is -0.137. The molecule has 4 aromatic rings. The number of carbonyl (C=O) groups is 1. The Bertz CT molecular complexity index is 1470. The first-order valence-corrected chi connectivity index (χ1v) is 12.2. The van der Waals surface area contributed by atoms with Gasteiger partial charge in [-0.3, -0.25) is 4.79 Å². The molecule has 0 radical (unpaired) electrons. The fraction of sp³-hybridized carbons (Fsp3) is 0.250. The highest BCUT2D eigenvalue weighted by Crippen LogP contribution is 2.37. The lowest BCUT2D eigenvalue weighted by atomic mass is 9.96.